The van der Waals surface area contributed by atoms with Crippen LogP contribution >= 0.6 is 11.3 Å². The molecule has 4 heterocycles. The van der Waals surface area contributed by atoms with Crippen molar-refractivity contribution in [1.29, 1.82) is 0 Å². The van der Waals surface area contributed by atoms with Crippen molar-refractivity contribution in [2.45, 2.75) is 26.2 Å². The molecule has 0 bridgehead atoms. The third-order valence-electron chi connectivity index (χ3n) is 15.9. The Labute approximate surface area is 463 Å². The van der Waals surface area contributed by atoms with Gasteiger partial charge < -0.3 is 9.13 Å². The average molecular weight is 1090 g/mol. The predicted molar refractivity (Wildman–Crippen MR) is 320 cm³/mol. The van der Waals surface area contributed by atoms with Crippen LogP contribution < -0.4 is 0 Å². The molecular formula is C70H42F6N4S. The second-order valence-corrected chi connectivity index (χ2v) is 21.8. The van der Waals surface area contributed by atoms with Gasteiger partial charge in [-0.3, -0.25) is 0 Å². The molecule has 11 heteroatoms. The van der Waals surface area contributed by atoms with Crippen molar-refractivity contribution in [1.82, 2.24) is 19.1 Å². The molecule has 0 atom stereocenters. The van der Waals surface area contributed by atoms with Gasteiger partial charge in [0.2, 0.25) is 0 Å². The van der Waals surface area contributed by atoms with E-state index < -0.39 is 23.5 Å². The summed E-state index contributed by atoms with van der Waals surface area (Å²) in [6.07, 6.45) is -9.15. The van der Waals surface area contributed by atoms with E-state index in [0.717, 1.165) is 98.8 Å². The van der Waals surface area contributed by atoms with Crippen LogP contribution in [-0.4, -0.2) is 19.1 Å². The lowest BCUT2D eigenvalue weighted by Gasteiger charge is -2.16. The summed E-state index contributed by atoms with van der Waals surface area (Å²) in [6, 6.07) is 69.6. The van der Waals surface area contributed by atoms with Gasteiger partial charge in [-0.1, -0.05) is 145 Å². The van der Waals surface area contributed by atoms with Crippen molar-refractivity contribution < 1.29 is 26.3 Å². The number of nitrogens with zero attached hydrogens (tertiary/aromatic N) is 4. The molecule has 0 radical (unpaired) electrons. The zero-order valence-corrected chi connectivity index (χ0v) is 44.1. The maximum absolute atomic E-state index is 14.9. The number of benzene rings is 11. The predicted octanol–water partition coefficient (Wildman–Crippen LogP) is 20.7. The highest BCUT2D eigenvalue weighted by molar-refractivity contribution is 7.21. The van der Waals surface area contributed by atoms with E-state index in [4.69, 9.17) is 9.97 Å². The van der Waals surface area contributed by atoms with Crippen LogP contribution in [0.3, 0.4) is 0 Å². The Morgan fingerprint density at radius 1 is 0.346 bits per heavy atom. The highest BCUT2D eigenvalue weighted by atomic mass is 32.1. The number of hydrogen-bond donors (Lipinski definition) is 0. The third-order valence-corrected chi connectivity index (χ3v) is 17.2. The van der Waals surface area contributed by atoms with Crippen molar-refractivity contribution >= 4 is 98.6 Å². The van der Waals surface area contributed by atoms with E-state index in [1.54, 1.807) is 43.4 Å². The van der Waals surface area contributed by atoms with Gasteiger partial charge in [-0.05, 0) is 142 Å². The van der Waals surface area contributed by atoms with E-state index in [2.05, 4.69) is 106 Å². The molecule has 0 fully saturated rings. The first-order valence-electron chi connectivity index (χ1n) is 26.4. The van der Waals surface area contributed by atoms with Gasteiger partial charge >= 0.3 is 12.4 Å². The number of halogens is 6. The molecule has 4 aromatic heterocycles. The first-order chi connectivity index (χ1) is 39.2. The van der Waals surface area contributed by atoms with E-state index in [-0.39, 0.29) is 5.56 Å². The molecule has 0 saturated heterocycles. The molecule has 15 aromatic rings. The smallest absolute Gasteiger partial charge is 0.309 e. The van der Waals surface area contributed by atoms with Gasteiger partial charge in [0.15, 0.2) is 0 Å². The fraction of sp³-hybridized carbons (Fsp3) is 0.0571. The maximum atomic E-state index is 14.9. The number of thiophene rings is 1. The normalized spacial score (nSPS) is 12.4. The van der Waals surface area contributed by atoms with Crippen LogP contribution in [-0.2, 0) is 12.4 Å². The van der Waals surface area contributed by atoms with E-state index in [9.17, 15) is 26.3 Å². The summed E-state index contributed by atoms with van der Waals surface area (Å²) in [5.74, 6) is 0. The quantitative estimate of drug-likeness (QED) is 0.123. The molecule has 11 aromatic carbocycles. The van der Waals surface area contributed by atoms with E-state index in [1.807, 2.05) is 72.8 Å². The number of aromatic nitrogens is 4. The van der Waals surface area contributed by atoms with E-state index in [1.165, 1.54) is 18.2 Å². The second kappa shape index (κ2) is 18.0. The van der Waals surface area contributed by atoms with Gasteiger partial charge in [0, 0.05) is 43.7 Å². The fourth-order valence-corrected chi connectivity index (χ4v) is 13.4. The highest BCUT2D eigenvalue weighted by Crippen LogP contribution is 2.49. The van der Waals surface area contributed by atoms with Crippen molar-refractivity contribution in [3.05, 3.63) is 241 Å². The Hall–Kier alpha value is -9.58. The second-order valence-electron chi connectivity index (χ2n) is 20.8. The number of fused-ring (bicyclic) bond motifs is 13. The monoisotopic (exact) mass is 1080 g/mol. The molecule has 0 unspecified atom stereocenters. The summed E-state index contributed by atoms with van der Waals surface area (Å²) in [5.41, 5.74) is 11.3. The molecule has 0 aliphatic carbocycles. The number of aryl methyl sites for hydroxylation is 2. The highest BCUT2D eigenvalue weighted by Gasteiger charge is 2.34. The molecule has 0 saturated carbocycles. The third kappa shape index (κ3) is 7.74. The number of hydrogen-bond acceptors (Lipinski definition) is 3. The molecular weight excluding hydrogens is 1040 g/mol. The van der Waals surface area contributed by atoms with Gasteiger partial charge in [0.25, 0.3) is 0 Å². The first-order valence-corrected chi connectivity index (χ1v) is 27.2. The van der Waals surface area contributed by atoms with Crippen LogP contribution in [0, 0.1) is 13.8 Å². The summed E-state index contributed by atoms with van der Waals surface area (Å²) in [4.78, 5) is 13.1. The Morgan fingerprint density at radius 3 is 1.28 bits per heavy atom. The van der Waals surface area contributed by atoms with Crippen molar-refractivity contribution in [3.63, 3.8) is 0 Å². The fourth-order valence-electron chi connectivity index (χ4n) is 12.2. The number of rotatable bonds is 6. The van der Waals surface area contributed by atoms with Crippen LogP contribution in [0.25, 0.3) is 142 Å². The van der Waals surface area contributed by atoms with Crippen LogP contribution in [0.2, 0.25) is 0 Å². The summed E-state index contributed by atoms with van der Waals surface area (Å²) < 4.78 is 91.4. The molecule has 0 spiro atoms. The summed E-state index contributed by atoms with van der Waals surface area (Å²) in [6.45, 7) is 3.31. The van der Waals surface area contributed by atoms with E-state index >= 15 is 0 Å². The minimum absolute atomic E-state index is 0.0364. The Balaban J connectivity index is 1.06. The minimum atomic E-state index is -4.63. The Bertz CT molecular complexity index is 5110. The zero-order chi connectivity index (χ0) is 55.1. The van der Waals surface area contributed by atoms with Crippen LogP contribution in [0.15, 0.2) is 218 Å². The minimum Gasteiger partial charge on any atom is -0.309 e. The molecule has 0 aliphatic rings. The number of alkyl halides is 6. The van der Waals surface area contributed by atoms with Crippen LogP contribution in [0.5, 0.6) is 0 Å². The first kappa shape index (κ1) is 48.5. The lowest BCUT2D eigenvalue weighted by molar-refractivity contribution is -0.138. The number of para-hydroxylation sites is 4. The topological polar surface area (TPSA) is 35.6 Å². The van der Waals surface area contributed by atoms with Gasteiger partial charge in [-0.2, -0.15) is 26.3 Å². The lowest BCUT2D eigenvalue weighted by atomic mass is 9.91. The zero-order valence-electron chi connectivity index (χ0n) is 43.2. The summed E-state index contributed by atoms with van der Waals surface area (Å²) >= 11 is 1.59. The van der Waals surface area contributed by atoms with Crippen LogP contribution in [0.1, 0.15) is 22.3 Å². The van der Waals surface area contributed by atoms with Crippen LogP contribution in [0.4, 0.5) is 26.3 Å². The van der Waals surface area contributed by atoms with Crippen molar-refractivity contribution in [2.24, 2.45) is 0 Å². The maximum Gasteiger partial charge on any atom is 0.417 e. The summed E-state index contributed by atoms with van der Waals surface area (Å²) in [7, 11) is 0. The molecule has 0 amide bonds. The van der Waals surface area contributed by atoms with Gasteiger partial charge in [-0.25, -0.2) is 9.97 Å². The largest absolute Gasteiger partial charge is 0.417 e. The molecule has 0 aliphatic heterocycles. The molecule has 390 valence electrons. The lowest BCUT2D eigenvalue weighted by Crippen LogP contribution is -2.07. The Morgan fingerprint density at radius 2 is 0.790 bits per heavy atom. The molecule has 4 nitrogen and oxygen atoms in total. The van der Waals surface area contributed by atoms with Crippen molar-refractivity contribution in [3.8, 4) is 54.5 Å². The van der Waals surface area contributed by atoms with Gasteiger partial charge in [-0.15, -0.1) is 11.3 Å². The SMILES string of the molecule is Cc1ccc(-c2ccc3c4ccc(-c5ccc(C(F)(F)F)cc5C)cc4c4nc5c(-c6ccc7c8ccccc8n(-c8ccccc8)c7c6)sc(-c6ccc7c8ccccc8n(-c8ccccc8)c7c6)c5nc4c3c2)c(C(F)(F)F)c1. The standard InChI is InChI=1S/C70H42F6N4S/c1-39-21-27-49(58(33-39)70(74,75)76)42-23-29-51-50-28-22-41(48-32-26-45(34-40(48)2)69(71,72)73)35-56(50)63-64(57(51)36-42)78-66-65(77-63)67(43-24-30-54-52-17-9-11-19-59(52)79(61(54)37-43)46-13-5-3-6-14-46)81-68(66)44-25-31-55-53-18-10-12-20-60(53)80(62(55)38-44)47-15-7-4-8-16-47/h3-38H,1-2H3. The van der Waals surface area contributed by atoms with Crippen molar-refractivity contribution in [2.75, 3.05) is 0 Å². The van der Waals surface area contributed by atoms with Gasteiger partial charge in [0.05, 0.1) is 54.0 Å². The molecule has 15 rings (SSSR count). The van der Waals surface area contributed by atoms with Gasteiger partial charge in [0.1, 0.15) is 11.0 Å². The molecule has 0 N–H and O–H groups in total. The van der Waals surface area contributed by atoms with E-state index in [0.29, 0.717) is 60.7 Å². The average Bonchev–Trinajstić information content (AvgIpc) is 3.94. The summed E-state index contributed by atoms with van der Waals surface area (Å²) in [5, 5.41) is 7.16. The Kier molecular flexibility index (Phi) is 10.8. The molecule has 81 heavy (non-hydrogen) atoms.